The van der Waals surface area contributed by atoms with Gasteiger partial charge in [-0.25, -0.2) is 0 Å². The average molecular weight is 284 g/mol. The van der Waals surface area contributed by atoms with E-state index in [9.17, 15) is 4.79 Å². The van der Waals surface area contributed by atoms with Gasteiger partial charge in [-0.1, -0.05) is 42.5 Å². The lowest BCUT2D eigenvalue weighted by atomic mass is 10.0. The fourth-order valence-electron chi connectivity index (χ4n) is 2.16. The topological polar surface area (TPSA) is 75.4 Å². The number of carbonyl (C=O) groups is 1. The smallest absolute Gasteiger partial charge is 0.251 e. The van der Waals surface area contributed by atoms with Gasteiger partial charge in [-0.15, -0.1) is 0 Å². The monoisotopic (exact) mass is 284 g/mol. The molecular weight excluding hydrogens is 264 g/mol. The third-order valence-corrected chi connectivity index (χ3v) is 3.33. The molecule has 0 unspecified atom stereocenters. The second-order valence-electron chi connectivity index (χ2n) is 4.85. The van der Waals surface area contributed by atoms with Crippen molar-refractivity contribution >= 4 is 5.91 Å². The predicted octanol–water partition coefficient (Wildman–Crippen LogP) is 1.61. The maximum atomic E-state index is 12.2. The minimum atomic E-state index is -0.0923. The average Bonchev–Trinajstić information content (AvgIpc) is 2.54. The van der Waals surface area contributed by atoms with E-state index in [0.29, 0.717) is 25.1 Å². The highest BCUT2D eigenvalue weighted by Crippen LogP contribution is 2.10. The van der Waals surface area contributed by atoms with E-state index in [4.69, 9.17) is 10.8 Å². The first kappa shape index (κ1) is 15.2. The number of hydrogen-bond acceptors (Lipinski definition) is 3. The summed E-state index contributed by atoms with van der Waals surface area (Å²) < 4.78 is 0. The van der Waals surface area contributed by atoms with Crippen LogP contribution >= 0.6 is 0 Å². The number of carbonyl (C=O) groups excluding carboxylic acids is 1. The molecule has 4 heteroatoms. The van der Waals surface area contributed by atoms with E-state index in [-0.39, 0.29) is 12.5 Å². The van der Waals surface area contributed by atoms with Gasteiger partial charge in [-0.3, -0.25) is 4.79 Å². The second kappa shape index (κ2) is 7.57. The normalized spacial score (nSPS) is 10.4. The van der Waals surface area contributed by atoms with Gasteiger partial charge in [0.15, 0.2) is 0 Å². The van der Waals surface area contributed by atoms with Gasteiger partial charge in [0.05, 0.1) is 6.61 Å². The Balaban J connectivity index is 2.01. The molecule has 0 spiro atoms. The molecule has 0 radical (unpaired) electrons. The number of hydrogen-bond donors (Lipinski definition) is 3. The first-order chi connectivity index (χ1) is 10.2. The van der Waals surface area contributed by atoms with Crippen LogP contribution in [0.5, 0.6) is 0 Å². The zero-order valence-electron chi connectivity index (χ0n) is 11.9. The van der Waals surface area contributed by atoms with Gasteiger partial charge in [0.25, 0.3) is 5.91 Å². The molecule has 0 aliphatic carbocycles. The molecule has 4 nitrogen and oxygen atoms in total. The van der Waals surface area contributed by atoms with Crippen molar-refractivity contribution in [3.63, 3.8) is 0 Å². The van der Waals surface area contributed by atoms with Gasteiger partial charge in [-0.2, -0.15) is 0 Å². The lowest BCUT2D eigenvalue weighted by Crippen LogP contribution is -2.24. The Hall–Kier alpha value is -2.17. The van der Waals surface area contributed by atoms with Crippen LogP contribution < -0.4 is 11.1 Å². The molecular formula is C17H20N2O2. The minimum absolute atomic E-state index is 0.0269. The molecule has 21 heavy (non-hydrogen) atoms. The van der Waals surface area contributed by atoms with Crippen LogP contribution in [-0.4, -0.2) is 17.6 Å². The molecule has 0 bridgehead atoms. The highest BCUT2D eigenvalue weighted by molar-refractivity contribution is 5.95. The van der Waals surface area contributed by atoms with Gasteiger partial charge in [0.2, 0.25) is 0 Å². The third kappa shape index (κ3) is 4.15. The van der Waals surface area contributed by atoms with Gasteiger partial charge in [0, 0.05) is 12.1 Å². The van der Waals surface area contributed by atoms with Crippen LogP contribution in [0.4, 0.5) is 0 Å². The number of aliphatic hydroxyl groups is 1. The van der Waals surface area contributed by atoms with Gasteiger partial charge in [0.1, 0.15) is 0 Å². The Kier molecular flexibility index (Phi) is 5.49. The van der Waals surface area contributed by atoms with Crippen LogP contribution in [-0.2, 0) is 19.6 Å². The van der Waals surface area contributed by atoms with Crippen molar-refractivity contribution in [1.29, 1.82) is 0 Å². The Bertz CT molecular complexity index is 594. The van der Waals surface area contributed by atoms with E-state index in [1.807, 2.05) is 48.5 Å². The maximum absolute atomic E-state index is 12.2. The van der Waals surface area contributed by atoms with E-state index in [0.717, 1.165) is 16.7 Å². The van der Waals surface area contributed by atoms with Crippen LogP contribution in [0.2, 0.25) is 0 Å². The summed E-state index contributed by atoms with van der Waals surface area (Å²) in [6, 6.07) is 15.0. The SMILES string of the molecule is NCCc1ccccc1C(=O)NCc1ccc(CO)cc1. The highest BCUT2D eigenvalue weighted by Gasteiger charge is 2.09. The molecule has 0 saturated heterocycles. The Morgan fingerprint density at radius 3 is 2.38 bits per heavy atom. The number of nitrogens with one attached hydrogen (secondary N) is 1. The predicted molar refractivity (Wildman–Crippen MR) is 82.7 cm³/mol. The number of nitrogens with two attached hydrogens (primary N) is 1. The first-order valence-corrected chi connectivity index (χ1v) is 6.99. The molecule has 0 aliphatic rings. The summed E-state index contributed by atoms with van der Waals surface area (Å²) in [5.41, 5.74) is 9.07. The molecule has 2 aromatic rings. The molecule has 0 heterocycles. The van der Waals surface area contributed by atoms with Crippen LogP contribution in [0.15, 0.2) is 48.5 Å². The summed E-state index contributed by atoms with van der Waals surface area (Å²) >= 11 is 0. The lowest BCUT2D eigenvalue weighted by Gasteiger charge is -2.10. The highest BCUT2D eigenvalue weighted by atomic mass is 16.3. The third-order valence-electron chi connectivity index (χ3n) is 3.33. The molecule has 2 aromatic carbocycles. The Morgan fingerprint density at radius 1 is 1.05 bits per heavy atom. The van der Waals surface area contributed by atoms with E-state index >= 15 is 0 Å². The lowest BCUT2D eigenvalue weighted by molar-refractivity contribution is 0.0950. The minimum Gasteiger partial charge on any atom is -0.392 e. The van der Waals surface area contributed by atoms with E-state index in [2.05, 4.69) is 5.32 Å². The molecule has 0 aromatic heterocycles. The molecule has 1 amide bonds. The zero-order valence-corrected chi connectivity index (χ0v) is 11.9. The van der Waals surface area contributed by atoms with Crippen molar-refractivity contribution in [1.82, 2.24) is 5.32 Å². The van der Waals surface area contributed by atoms with E-state index in [1.54, 1.807) is 0 Å². The zero-order chi connectivity index (χ0) is 15.1. The molecule has 0 atom stereocenters. The van der Waals surface area contributed by atoms with E-state index < -0.39 is 0 Å². The van der Waals surface area contributed by atoms with Gasteiger partial charge in [-0.05, 0) is 35.7 Å². The molecule has 110 valence electrons. The van der Waals surface area contributed by atoms with Crippen molar-refractivity contribution in [3.8, 4) is 0 Å². The standard InChI is InChI=1S/C17H20N2O2/c18-10-9-15-3-1-2-4-16(15)17(21)19-11-13-5-7-14(12-20)8-6-13/h1-8,20H,9-12,18H2,(H,19,21). The number of aliphatic hydroxyl groups excluding tert-OH is 1. The first-order valence-electron chi connectivity index (χ1n) is 6.99. The maximum Gasteiger partial charge on any atom is 0.251 e. The number of amides is 1. The summed E-state index contributed by atoms with van der Waals surface area (Å²) in [6.45, 7) is 1.01. The molecule has 0 saturated carbocycles. The quantitative estimate of drug-likeness (QED) is 0.754. The van der Waals surface area contributed by atoms with E-state index in [1.165, 1.54) is 0 Å². The Morgan fingerprint density at radius 2 is 1.71 bits per heavy atom. The second-order valence-corrected chi connectivity index (χ2v) is 4.85. The van der Waals surface area contributed by atoms with Crippen molar-refractivity contribution < 1.29 is 9.90 Å². The summed E-state index contributed by atoms with van der Waals surface area (Å²) in [4.78, 5) is 12.2. The Labute approximate surface area is 124 Å². The molecule has 0 aliphatic heterocycles. The summed E-state index contributed by atoms with van der Waals surface area (Å²) in [6.07, 6.45) is 0.689. The number of benzene rings is 2. The van der Waals surface area contributed by atoms with Gasteiger partial charge >= 0.3 is 0 Å². The van der Waals surface area contributed by atoms with Gasteiger partial charge < -0.3 is 16.2 Å². The van der Waals surface area contributed by atoms with Crippen molar-refractivity contribution in [2.45, 2.75) is 19.6 Å². The summed E-state index contributed by atoms with van der Waals surface area (Å²) in [5, 5.41) is 11.9. The van der Waals surface area contributed by atoms with Crippen LogP contribution in [0.1, 0.15) is 27.0 Å². The van der Waals surface area contributed by atoms with Crippen molar-refractivity contribution in [3.05, 3.63) is 70.8 Å². The fraction of sp³-hybridized carbons (Fsp3) is 0.235. The van der Waals surface area contributed by atoms with Crippen LogP contribution in [0.3, 0.4) is 0 Å². The largest absolute Gasteiger partial charge is 0.392 e. The van der Waals surface area contributed by atoms with Crippen LogP contribution in [0, 0.1) is 0 Å². The number of rotatable bonds is 6. The van der Waals surface area contributed by atoms with Crippen LogP contribution in [0.25, 0.3) is 0 Å². The summed E-state index contributed by atoms with van der Waals surface area (Å²) in [7, 11) is 0. The molecule has 2 rings (SSSR count). The van der Waals surface area contributed by atoms with Crippen molar-refractivity contribution in [2.24, 2.45) is 5.73 Å². The molecule has 4 N–H and O–H groups in total. The van der Waals surface area contributed by atoms with Crippen molar-refractivity contribution in [2.75, 3.05) is 6.54 Å². The summed E-state index contributed by atoms with van der Waals surface area (Å²) in [5.74, 6) is -0.0923. The molecule has 0 fully saturated rings. The fourth-order valence-corrected chi connectivity index (χ4v) is 2.16.